The monoisotopic (exact) mass is 314 g/mol. The van der Waals surface area contributed by atoms with E-state index in [0.717, 1.165) is 0 Å². The van der Waals surface area contributed by atoms with Crippen LogP contribution in [-0.2, 0) is 9.59 Å². The van der Waals surface area contributed by atoms with Gasteiger partial charge in [0, 0.05) is 11.1 Å². The molecule has 0 saturated carbocycles. The van der Waals surface area contributed by atoms with Crippen molar-refractivity contribution in [3.05, 3.63) is 34.9 Å². The Balaban J connectivity index is 3.47. The molecule has 0 heterocycles. The number of alkyl halides is 1. The van der Waals surface area contributed by atoms with Crippen molar-refractivity contribution in [2.75, 3.05) is 0 Å². The normalized spacial score (nSPS) is 13.7. The molecule has 0 fully saturated rings. The van der Waals surface area contributed by atoms with Crippen LogP contribution in [0, 0.1) is 0 Å². The van der Waals surface area contributed by atoms with Crippen molar-refractivity contribution < 1.29 is 24.6 Å². The minimum Gasteiger partial charge on any atom is -0.479 e. The Morgan fingerprint density at radius 1 is 1.39 bits per heavy atom. The molecule has 0 aliphatic rings. The highest BCUT2D eigenvalue weighted by Gasteiger charge is 2.27. The van der Waals surface area contributed by atoms with Crippen LogP contribution in [0.3, 0.4) is 0 Å². The maximum absolute atomic E-state index is 11.3. The number of carboxylic acid groups (broad SMARTS) is 1. The minimum absolute atomic E-state index is 0.0492. The highest BCUT2D eigenvalue weighted by Crippen LogP contribution is 2.32. The Labute approximate surface area is 112 Å². The van der Waals surface area contributed by atoms with Crippen LogP contribution in [0.2, 0.25) is 0 Å². The van der Waals surface area contributed by atoms with E-state index in [1.165, 1.54) is 25.1 Å². The number of aliphatic hydroxyl groups is 1. The fraction of sp³-hybridized carbons (Fsp3) is 0.250. The van der Waals surface area contributed by atoms with Gasteiger partial charge in [-0.15, -0.1) is 0 Å². The van der Waals surface area contributed by atoms with E-state index >= 15 is 0 Å². The molecule has 0 aliphatic carbocycles. The first-order chi connectivity index (χ1) is 8.40. The first-order valence-corrected chi connectivity index (χ1v) is 5.95. The zero-order valence-corrected chi connectivity index (χ0v) is 11.0. The third-order valence-corrected chi connectivity index (χ3v) is 3.58. The molecule has 18 heavy (non-hydrogen) atoms. The first-order valence-electron chi connectivity index (χ1n) is 5.03. The van der Waals surface area contributed by atoms with Crippen LogP contribution in [0.1, 0.15) is 39.3 Å². The number of Topliss-reactive ketones (excluding diaryl/α,β-unsaturated/α-hetero) is 1. The quantitative estimate of drug-likeness (QED) is 0.637. The maximum atomic E-state index is 11.3. The number of carbonyl (C=O) groups excluding carboxylic acids is 2. The van der Waals surface area contributed by atoms with E-state index in [0.29, 0.717) is 6.29 Å². The summed E-state index contributed by atoms with van der Waals surface area (Å²) in [5.74, 6) is -1.73. The summed E-state index contributed by atoms with van der Waals surface area (Å²) in [5.41, 5.74) is 0.271. The molecule has 6 heteroatoms. The molecule has 2 unspecified atom stereocenters. The predicted octanol–water partition coefficient (Wildman–Crippen LogP) is 1.64. The van der Waals surface area contributed by atoms with Crippen LogP contribution < -0.4 is 0 Å². The lowest BCUT2D eigenvalue weighted by molar-refractivity contribution is -0.147. The Morgan fingerprint density at radius 2 is 2.00 bits per heavy atom. The summed E-state index contributed by atoms with van der Waals surface area (Å²) in [6.45, 7) is 1.32. The molecule has 1 aromatic rings. The predicted molar refractivity (Wildman–Crippen MR) is 66.8 cm³/mol. The van der Waals surface area contributed by atoms with Crippen molar-refractivity contribution in [3.8, 4) is 0 Å². The number of carbonyl (C=O) groups is 3. The van der Waals surface area contributed by atoms with Gasteiger partial charge in [-0.05, 0) is 12.5 Å². The van der Waals surface area contributed by atoms with E-state index in [-0.39, 0.29) is 22.5 Å². The number of carboxylic acids is 1. The smallest absolute Gasteiger partial charge is 0.337 e. The lowest BCUT2D eigenvalue weighted by Gasteiger charge is -2.17. The molecule has 0 aliphatic heterocycles. The van der Waals surface area contributed by atoms with Gasteiger partial charge in [0.05, 0.1) is 4.83 Å². The molecule has 2 atom stereocenters. The third-order valence-electron chi connectivity index (χ3n) is 2.44. The van der Waals surface area contributed by atoms with Gasteiger partial charge >= 0.3 is 5.97 Å². The molecule has 96 valence electrons. The van der Waals surface area contributed by atoms with Crippen molar-refractivity contribution in [2.45, 2.75) is 17.9 Å². The second-order valence-electron chi connectivity index (χ2n) is 3.68. The summed E-state index contributed by atoms with van der Waals surface area (Å²) in [6.07, 6.45) is -1.40. The van der Waals surface area contributed by atoms with Gasteiger partial charge in [0.2, 0.25) is 0 Å². The number of rotatable bonds is 5. The fourth-order valence-electron chi connectivity index (χ4n) is 1.58. The van der Waals surface area contributed by atoms with Gasteiger partial charge in [-0.3, -0.25) is 9.59 Å². The Bertz CT molecular complexity index is 497. The van der Waals surface area contributed by atoms with Crippen molar-refractivity contribution in [3.63, 3.8) is 0 Å². The van der Waals surface area contributed by atoms with Crippen molar-refractivity contribution >= 4 is 34.0 Å². The van der Waals surface area contributed by atoms with Crippen LogP contribution in [0.4, 0.5) is 0 Å². The lowest BCUT2D eigenvalue weighted by Crippen LogP contribution is -2.17. The molecule has 0 bridgehead atoms. The van der Waals surface area contributed by atoms with Crippen molar-refractivity contribution in [1.29, 1.82) is 0 Å². The Hall–Kier alpha value is -1.53. The van der Waals surface area contributed by atoms with Crippen LogP contribution >= 0.6 is 15.9 Å². The summed E-state index contributed by atoms with van der Waals surface area (Å²) in [7, 11) is 0. The number of aliphatic hydroxyl groups excluding tert-OH is 1. The average Bonchev–Trinajstić information content (AvgIpc) is 2.35. The standard InChI is InChI=1S/C12H11BrO5/c1-6(15)10(13)8-4-2-3-7(5-14)9(8)11(16)12(17)18/h2-5,10-11,16H,1H3,(H,17,18). The molecule has 0 amide bonds. The topological polar surface area (TPSA) is 91.7 Å². The molecule has 1 rings (SSSR count). The highest BCUT2D eigenvalue weighted by molar-refractivity contribution is 9.09. The van der Waals surface area contributed by atoms with E-state index in [4.69, 9.17) is 5.11 Å². The second-order valence-corrected chi connectivity index (χ2v) is 4.60. The SMILES string of the molecule is CC(=O)C(Br)c1cccc(C=O)c1C(O)C(=O)O. The van der Waals surface area contributed by atoms with Crippen LogP contribution in [0.5, 0.6) is 0 Å². The third kappa shape index (κ3) is 2.83. The van der Waals surface area contributed by atoms with Crippen LogP contribution in [0.25, 0.3) is 0 Å². The highest BCUT2D eigenvalue weighted by atomic mass is 79.9. The molecular formula is C12H11BrO5. The van der Waals surface area contributed by atoms with Crippen LogP contribution in [-0.4, -0.2) is 28.3 Å². The molecule has 0 saturated heterocycles. The largest absolute Gasteiger partial charge is 0.479 e. The van der Waals surface area contributed by atoms with E-state index in [9.17, 15) is 19.5 Å². The number of halogens is 1. The van der Waals surface area contributed by atoms with E-state index in [1.807, 2.05) is 0 Å². The molecular weight excluding hydrogens is 304 g/mol. The summed E-state index contributed by atoms with van der Waals surface area (Å²) in [4.78, 5) is 32.3. The summed E-state index contributed by atoms with van der Waals surface area (Å²) >= 11 is 3.11. The van der Waals surface area contributed by atoms with Crippen LogP contribution in [0.15, 0.2) is 18.2 Å². The summed E-state index contributed by atoms with van der Waals surface area (Å²) in [5, 5.41) is 18.5. The number of aldehydes is 1. The number of benzene rings is 1. The Kier molecular flexibility index (Phi) is 4.75. The number of aliphatic carboxylic acids is 1. The number of ketones is 1. The second kappa shape index (κ2) is 5.88. The minimum atomic E-state index is -1.85. The lowest BCUT2D eigenvalue weighted by atomic mass is 9.94. The molecule has 0 aromatic heterocycles. The number of hydrogen-bond acceptors (Lipinski definition) is 4. The van der Waals surface area contributed by atoms with Gasteiger partial charge < -0.3 is 10.2 Å². The van der Waals surface area contributed by atoms with Gasteiger partial charge in [-0.25, -0.2) is 4.79 Å². The summed E-state index contributed by atoms with van der Waals surface area (Å²) < 4.78 is 0. The van der Waals surface area contributed by atoms with Gasteiger partial charge in [-0.1, -0.05) is 34.1 Å². The summed E-state index contributed by atoms with van der Waals surface area (Å²) in [6, 6.07) is 4.40. The maximum Gasteiger partial charge on any atom is 0.337 e. The van der Waals surface area contributed by atoms with E-state index in [2.05, 4.69) is 15.9 Å². The Morgan fingerprint density at radius 3 is 2.44 bits per heavy atom. The molecule has 2 N–H and O–H groups in total. The molecule has 0 radical (unpaired) electrons. The molecule has 5 nitrogen and oxygen atoms in total. The number of hydrogen-bond donors (Lipinski definition) is 2. The molecule has 0 spiro atoms. The van der Waals surface area contributed by atoms with E-state index < -0.39 is 16.9 Å². The first kappa shape index (κ1) is 14.5. The molecule has 1 aromatic carbocycles. The zero-order valence-electron chi connectivity index (χ0n) is 9.46. The fourth-order valence-corrected chi connectivity index (χ4v) is 1.98. The average molecular weight is 315 g/mol. The van der Waals surface area contributed by atoms with Crippen molar-refractivity contribution in [1.82, 2.24) is 0 Å². The van der Waals surface area contributed by atoms with Gasteiger partial charge in [0.15, 0.2) is 6.10 Å². The van der Waals surface area contributed by atoms with E-state index in [1.54, 1.807) is 0 Å². The van der Waals surface area contributed by atoms with Gasteiger partial charge in [-0.2, -0.15) is 0 Å². The van der Waals surface area contributed by atoms with Crippen molar-refractivity contribution in [2.24, 2.45) is 0 Å². The zero-order chi connectivity index (χ0) is 13.9. The van der Waals surface area contributed by atoms with Gasteiger partial charge in [0.25, 0.3) is 0 Å². The van der Waals surface area contributed by atoms with Gasteiger partial charge in [0.1, 0.15) is 12.1 Å².